The van der Waals surface area contributed by atoms with Gasteiger partial charge in [-0.25, -0.2) is 13.6 Å². The molecule has 0 spiro atoms. The van der Waals surface area contributed by atoms with Crippen LogP contribution in [0.5, 0.6) is 0 Å². The fourth-order valence-corrected chi connectivity index (χ4v) is 3.05. The van der Waals surface area contributed by atoms with Crippen molar-refractivity contribution in [3.63, 3.8) is 0 Å². The zero-order valence-electron chi connectivity index (χ0n) is 13.5. The molecule has 4 rings (SSSR count). The Bertz CT molecular complexity index is 1110. The molecule has 5 heteroatoms. The average Bonchev–Trinajstić information content (AvgIpc) is 3.01. The van der Waals surface area contributed by atoms with Crippen LogP contribution in [0.4, 0.5) is 8.78 Å². The molecule has 128 valence electrons. The Morgan fingerprint density at radius 2 is 1.42 bits per heavy atom. The lowest BCUT2D eigenvalue weighted by molar-refractivity contribution is 0.0697. The highest BCUT2D eigenvalue weighted by molar-refractivity contribution is 5.96. The van der Waals surface area contributed by atoms with Crippen LogP contribution in [0.1, 0.15) is 10.4 Å². The Balaban J connectivity index is 2.01. The summed E-state index contributed by atoms with van der Waals surface area (Å²) in [5.74, 6) is -1.70. The van der Waals surface area contributed by atoms with E-state index in [1.54, 1.807) is 36.4 Å². The quantitative estimate of drug-likeness (QED) is 0.547. The first-order valence-electron chi connectivity index (χ1n) is 7.93. The number of rotatable bonds is 3. The molecule has 0 saturated heterocycles. The van der Waals surface area contributed by atoms with Gasteiger partial charge in [0.25, 0.3) is 0 Å². The molecule has 0 aliphatic rings. The van der Waals surface area contributed by atoms with Gasteiger partial charge in [0, 0.05) is 11.1 Å². The normalized spacial score (nSPS) is 11.0. The number of hydrogen-bond donors (Lipinski definition) is 1. The third kappa shape index (κ3) is 2.73. The van der Waals surface area contributed by atoms with Crippen molar-refractivity contribution in [2.75, 3.05) is 0 Å². The number of carboxylic acids is 1. The number of carboxylic acid groups (broad SMARTS) is 1. The highest BCUT2D eigenvalue weighted by atomic mass is 19.1. The lowest BCUT2D eigenvalue weighted by atomic mass is 10.1. The van der Waals surface area contributed by atoms with Crippen LogP contribution in [0.2, 0.25) is 0 Å². The average molecular weight is 349 g/mol. The predicted molar refractivity (Wildman–Crippen MR) is 95.6 cm³/mol. The third-order valence-electron chi connectivity index (χ3n) is 4.27. The molecule has 1 heterocycles. The van der Waals surface area contributed by atoms with Crippen LogP contribution in [0.15, 0.2) is 72.8 Å². The summed E-state index contributed by atoms with van der Waals surface area (Å²) in [6, 6.07) is 18.7. The topological polar surface area (TPSA) is 42.2 Å². The van der Waals surface area contributed by atoms with E-state index in [-0.39, 0.29) is 17.2 Å². The van der Waals surface area contributed by atoms with E-state index in [0.717, 1.165) is 27.8 Å². The minimum Gasteiger partial charge on any atom is -0.478 e. The summed E-state index contributed by atoms with van der Waals surface area (Å²) < 4.78 is 28.5. The van der Waals surface area contributed by atoms with Crippen LogP contribution in [0.3, 0.4) is 0 Å². The van der Waals surface area contributed by atoms with Crippen molar-refractivity contribution in [2.24, 2.45) is 0 Å². The van der Waals surface area contributed by atoms with E-state index in [4.69, 9.17) is 0 Å². The first kappa shape index (κ1) is 16.0. The number of nitrogens with zero attached hydrogens (tertiary/aromatic N) is 1. The van der Waals surface area contributed by atoms with E-state index >= 15 is 0 Å². The third-order valence-corrected chi connectivity index (χ3v) is 4.27. The first-order valence-corrected chi connectivity index (χ1v) is 7.93. The molecular weight excluding hydrogens is 336 g/mol. The van der Waals surface area contributed by atoms with Crippen molar-refractivity contribution in [1.29, 1.82) is 0 Å². The molecule has 3 aromatic carbocycles. The van der Waals surface area contributed by atoms with Crippen molar-refractivity contribution in [3.05, 3.63) is 90.0 Å². The van der Waals surface area contributed by atoms with E-state index in [2.05, 4.69) is 0 Å². The number of halogens is 2. The molecule has 0 unspecified atom stereocenters. The summed E-state index contributed by atoms with van der Waals surface area (Å²) >= 11 is 0. The number of carbonyl (C=O) groups is 1. The van der Waals surface area contributed by atoms with Gasteiger partial charge in [0.15, 0.2) is 0 Å². The Labute approximate surface area is 147 Å². The van der Waals surface area contributed by atoms with Crippen LogP contribution >= 0.6 is 0 Å². The molecule has 0 saturated carbocycles. The minimum atomic E-state index is -1.01. The van der Waals surface area contributed by atoms with Crippen LogP contribution in [0.25, 0.3) is 27.8 Å². The van der Waals surface area contributed by atoms with Crippen molar-refractivity contribution >= 4 is 16.9 Å². The molecule has 0 radical (unpaired) electrons. The summed E-state index contributed by atoms with van der Waals surface area (Å²) in [5.41, 5.74) is 3.21. The molecule has 0 atom stereocenters. The van der Waals surface area contributed by atoms with Gasteiger partial charge in [0.1, 0.15) is 11.6 Å². The number of aromatic carboxylic acids is 1. The predicted octanol–water partition coefficient (Wildman–Crippen LogP) is 5.27. The molecule has 0 aliphatic carbocycles. The van der Waals surface area contributed by atoms with Crippen LogP contribution in [-0.4, -0.2) is 15.6 Å². The zero-order valence-corrected chi connectivity index (χ0v) is 13.5. The SMILES string of the molecule is O=C(O)c1ccc2c(c1)cc(-c1ccc(F)cc1)n2-c1ccc(F)cc1. The van der Waals surface area contributed by atoms with Gasteiger partial charge in [-0.2, -0.15) is 0 Å². The summed E-state index contributed by atoms with van der Waals surface area (Å²) in [6.45, 7) is 0. The summed E-state index contributed by atoms with van der Waals surface area (Å²) in [5, 5.41) is 9.96. The maximum Gasteiger partial charge on any atom is 0.335 e. The van der Waals surface area contributed by atoms with Gasteiger partial charge in [-0.1, -0.05) is 0 Å². The standard InChI is InChI=1S/C21H13F2NO2/c22-16-4-1-13(2-5-16)20-12-15-11-14(21(25)26)3-10-19(15)24(20)18-8-6-17(23)7-9-18/h1-12H,(H,25,26). The Kier molecular flexibility index (Phi) is 3.77. The largest absolute Gasteiger partial charge is 0.478 e. The molecule has 1 aromatic heterocycles. The van der Waals surface area contributed by atoms with E-state index in [1.807, 2.05) is 10.6 Å². The molecule has 0 amide bonds. The lowest BCUT2D eigenvalue weighted by Crippen LogP contribution is -1.98. The second kappa shape index (κ2) is 6.11. The number of fused-ring (bicyclic) bond motifs is 1. The minimum absolute atomic E-state index is 0.180. The number of hydrogen-bond acceptors (Lipinski definition) is 1. The van der Waals surface area contributed by atoms with Crippen LogP contribution in [0, 0.1) is 11.6 Å². The van der Waals surface area contributed by atoms with Crippen molar-refractivity contribution in [1.82, 2.24) is 4.57 Å². The van der Waals surface area contributed by atoms with Crippen LogP contribution < -0.4 is 0 Å². The smallest absolute Gasteiger partial charge is 0.335 e. The fourth-order valence-electron chi connectivity index (χ4n) is 3.05. The van der Waals surface area contributed by atoms with Crippen molar-refractivity contribution in [3.8, 4) is 16.9 Å². The highest BCUT2D eigenvalue weighted by Crippen LogP contribution is 2.32. The number of benzene rings is 3. The van der Waals surface area contributed by atoms with Gasteiger partial charge in [0.05, 0.1) is 16.8 Å². The first-order chi connectivity index (χ1) is 12.5. The lowest BCUT2D eigenvalue weighted by Gasteiger charge is -2.11. The van der Waals surface area contributed by atoms with Crippen molar-refractivity contribution < 1.29 is 18.7 Å². The highest BCUT2D eigenvalue weighted by Gasteiger charge is 2.14. The van der Waals surface area contributed by atoms with E-state index in [1.165, 1.54) is 30.3 Å². The molecule has 3 nitrogen and oxygen atoms in total. The molecular formula is C21H13F2NO2. The molecule has 1 N–H and O–H groups in total. The van der Waals surface area contributed by atoms with Crippen LogP contribution in [-0.2, 0) is 0 Å². The Morgan fingerprint density at radius 1 is 0.808 bits per heavy atom. The molecule has 0 fully saturated rings. The second-order valence-electron chi connectivity index (χ2n) is 5.93. The Hall–Kier alpha value is -3.47. The maximum atomic E-state index is 13.3. The number of aromatic nitrogens is 1. The van der Waals surface area contributed by atoms with Gasteiger partial charge in [-0.3, -0.25) is 0 Å². The van der Waals surface area contributed by atoms with Gasteiger partial charge in [-0.05, 0) is 78.4 Å². The van der Waals surface area contributed by atoms with E-state index in [9.17, 15) is 18.7 Å². The molecule has 0 bridgehead atoms. The Morgan fingerprint density at radius 3 is 2.04 bits per heavy atom. The van der Waals surface area contributed by atoms with E-state index in [0.29, 0.717) is 0 Å². The van der Waals surface area contributed by atoms with Gasteiger partial charge in [0.2, 0.25) is 0 Å². The summed E-state index contributed by atoms with van der Waals surface area (Å²) in [6.07, 6.45) is 0. The fraction of sp³-hybridized carbons (Fsp3) is 0. The molecule has 0 aliphatic heterocycles. The summed E-state index contributed by atoms with van der Waals surface area (Å²) in [4.78, 5) is 11.3. The van der Waals surface area contributed by atoms with Gasteiger partial charge in [-0.15, -0.1) is 0 Å². The van der Waals surface area contributed by atoms with Crippen molar-refractivity contribution in [2.45, 2.75) is 0 Å². The molecule has 26 heavy (non-hydrogen) atoms. The zero-order chi connectivity index (χ0) is 18.3. The summed E-state index contributed by atoms with van der Waals surface area (Å²) in [7, 11) is 0. The molecule has 4 aromatic rings. The van der Waals surface area contributed by atoms with Gasteiger partial charge < -0.3 is 9.67 Å². The maximum absolute atomic E-state index is 13.3. The second-order valence-corrected chi connectivity index (χ2v) is 5.93. The van der Waals surface area contributed by atoms with Gasteiger partial charge >= 0.3 is 5.97 Å². The monoisotopic (exact) mass is 349 g/mol. The van der Waals surface area contributed by atoms with E-state index < -0.39 is 5.97 Å².